The molecule has 2 N–H and O–H groups in total. The van der Waals surface area contributed by atoms with Crippen molar-refractivity contribution >= 4 is 29.9 Å². The van der Waals surface area contributed by atoms with E-state index in [2.05, 4.69) is 15.3 Å². The molecule has 2 aromatic rings. The van der Waals surface area contributed by atoms with Crippen LogP contribution >= 0.6 is 0 Å². The molecule has 2 aromatic carbocycles. The highest BCUT2D eigenvalue weighted by atomic mass is 16.6. The van der Waals surface area contributed by atoms with E-state index in [-0.39, 0.29) is 35.5 Å². The second-order valence-corrected chi connectivity index (χ2v) is 9.37. The van der Waals surface area contributed by atoms with Gasteiger partial charge >= 0.3 is 17.5 Å². The van der Waals surface area contributed by atoms with Crippen LogP contribution in [-0.2, 0) is 17.8 Å². The van der Waals surface area contributed by atoms with Crippen molar-refractivity contribution < 1.29 is 29.2 Å². The lowest BCUT2D eigenvalue weighted by Crippen LogP contribution is -2.40. The van der Waals surface area contributed by atoms with E-state index in [4.69, 9.17) is 9.47 Å². The van der Waals surface area contributed by atoms with Crippen LogP contribution in [0.3, 0.4) is 0 Å². The largest absolute Gasteiger partial charge is 0.502 e. The highest BCUT2D eigenvalue weighted by molar-refractivity contribution is 5.87. The summed E-state index contributed by atoms with van der Waals surface area (Å²) < 4.78 is 10.7. The topological polar surface area (TPSA) is 179 Å². The summed E-state index contributed by atoms with van der Waals surface area (Å²) in [5.41, 5.74) is 2.16. The highest BCUT2D eigenvalue weighted by Crippen LogP contribution is 2.32. The SMILES string of the molecule is C[C@H](COc1cc2c(cc1[N+](=O)[O-])C=NC2)NC(=O)OC(C)(C)C.O=[N+]([O-])c1cc2c(cc1O)CN=C2. The van der Waals surface area contributed by atoms with Gasteiger partial charge in [0.2, 0.25) is 0 Å². The number of hydrogen-bond acceptors (Lipinski definition) is 10. The number of phenolic OH excluding ortho intramolecular Hbond substituents is 1. The molecule has 0 fully saturated rings. The normalized spacial score (nSPS) is 13.6. The zero-order valence-corrected chi connectivity index (χ0v) is 20.8. The fourth-order valence-corrected chi connectivity index (χ4v) is 3.43. The van der Waals surface area contributed by atoms with Gasteiger partial charge in [-0.25, -0.2) is 4.79 Å². The molecule has 4 rings (SSSR count). The van der Waals surface area contributed by atoms with Gasteiger partial charge in [-0.2, -0.15) is 0 Å². The number of nitro groups is 2. The lowest BCUT2D eigenvalue weighted by Gasteiger charge is -2.22. The Bertz CT molecular complexity index is 1280. The summed E-state index contributed by atoms with van der Waals surface area (Å²) in [5, 5.41) is 33.5. The fraction of sp³-hybridized carbons (Fsp3) is 0.375. The van der Waals surface area contributed by atoms with Crippen LogP contribution in [0.5, 0.6) is 11.5 Å². The number of aromatic hydroxyl groups is 1. The number of carbonyl (C=O) groups is 1. The van der Waals surface area contributed by atoms with E-state index >= 15 is 0 Å². The van der Waals surface area contributed by atoms with Crippen molar-refractivity contribution in [2.75, 3.05) is 6.61 Å². The number of amides is 1. The Balaban J connectivity index is 0.000000244. The molecule has 0 saturated carbocycles. The third-order valence-corrected chi connectivity index (χ3v) is 5.09. The third-order valence-electron chi connectivity index (χ3n) is 5.09. The Hall–Kier alpha value is -4.55. The first-order valence-corrected chi connectivity index (χ1v) is 11.3. The molecule has 1 amide bonds. The molecule has 0 spiro atoms. The molecule has 0 unspecified atom stereocenters. The van der Waals surface area contributed by atoms with Crippen molar-refractivity contribution in [3.63, 3.8) is 0 Å². The zero-order chi connectivity index (χ0) is 27.3. The number of nitro benzene ring substituents is 2. The minimum Gasteiger partial charge on any atom is -0.502 e. The lowest BCUT2D eigenvalue weighted by molar-refractivity contribution is -0.386. The van der Waals surface area contributed by atoms with E-state index in [1.165, 1.54) is 18.2 Å². The summed E-state index contributed by atoms with van der Waals surface area (Å²) in [4.78, 5) is 40.2. The molecule has 0 saturated heterocycles. The number of aliphatic imine (C=N–C) groups is 2. The van der Waals surface area contributed by atoms with Gasteiger partial charge in [-0.15, -0.1) is 0 Å². The van der Waals surface area contributed by atoms with E-state index in [1.54, 1.807) is 46.2 Å². The molecule has 0 aliphatic carbocycles. The van der Waals surface area contributed by atoms with Crippen molar-refractivity contribution in [1.29, 1.82) is 0 Å². The van der Waals surface area contributed by atoms with Crippen LogP contribution in [0.25, 0.3) is 0 Å². The van der Waals surface area contributed by atoms with Crippen molar-refractivity contribution in [3.8, 4) is 11.5 Å². The Labute approximate surface area is 212 Å². The van der Waals surface area contributed by atoms with Gasteiger partial charge in [-0.1, -0.05) is 0 Å². The molecule has 0 aromatic heterocycles. The van der Waals surface area contributed by atoms with Gasteiger partial charge in [-0.05, 0) is 51.0 Å². The molecule has 196 valence electrons. The van der Waals surface area contributed by atoms with Crippen molar-refractivity contribution in [2.45, 2.75) is 52.4 Å². The molecule has 13 nitrogen and oxygen atoms in total. The summed E-state index contributed by atoms with van der Waals surface area (Å²) in [6, 6.07) is 5.43. The fourth-order valence-electron chi connectivity index (χ4n) is 3.43. The number of benzene rings is 2. The van der Waals surface area contributed by atoms with Crippen LogP contribution < -0.4 is 10.1 Å². The Morgan fingerprint density at radius 1 is 1.03 bits per heavy atom. The molecule has 2 heterocycles. The molecular weight excluding hydrogens is 486 g/mol. The minimum absolute atomic E-state index is 0.0831. The van der Waals surface area contributed by atoms with E-state index in [0.29, 0.717) is 18.7 Å². The van der Waals surface area contributed by atoms with Gasteiger partial charge in [0.05, 0.1) is 29.0 Å². The Morgan fingerprint density at radius 2 is 1.57 bits per heavy atom. The van der Waals surface area contributed by atoms with Crippen LogP contribution in [0.2, 0.25) is 0 Å². The number of nitrogens with zero attached hydrogens (tertiary/aromatic N) is 4. The van der Waals surface area contributed by atoms with Crippen molar-refractivity contribution in [3.05, 3.63) is 66.7 Å². The average molecular weight is 514 g/mol. The van der Waals surface area contributed by atoms with E-state index in [0.717, 1.165) is 16.7 Å². The maximum Gasteiger partial charge on any atom is 0.407 e. The van der Waals surface area contributed by atoms with E-state index in [1.807, 2.05) is 0 Å². The summed E-state index contributed by atoms with van der Waals surface area (Å²) >= 11 is 0. The molecule has 0 radical (unpaired) electrons. The molecule has 2 aliphatic rings. The first-order chi connectivity index (χ1) is 17.3. The van der Waals surface area contributed by atoms with Crippen LogP contribution in [0.15, 0.2) is 34.3 Å². The van der Waals surface area contributed by atoms with Crippen LogP contribution in [0, 0.1) is 20.2 Å². The number of hydrogen-bond donors (Lipinski definition) is 2. The molecule has 37 heavy (non-hydrogen) atoms. The number of ether oxygens (including phenoxy) is 2. The average Bonchev–Trinajstić information content (AvgIpc) is 3.43. The van der Waals surface area contributed by atoms with Gasteiger partial charge in [0.25, 0.3) is 0 Å². The van der Waals surface area contributed by atoms with Gasteiger partial charge in [0.15, 0.2) is 11.5 Å². The summed E-state index contributed by atoms with van der Waals surface area (Å²) in [6.07, 6.45) is 2.62. The van der Waals surface area contributed by atoms with Gasteiger partial charge < -0.3 is 19.9 Å². The Morgan fingerprint density at radius 3 is 2.11 bits per heavy atom. The summed E-state index contributed by atoms with van der Waals surface area (Å²) in [6.45, 7) is 8.08. The molecule has 1 atom stereocenters. The number of phenols is 1. The second-order valence-electron chi connectivity index (χ2n) is 9.37. The molecular formula is C24H27N5O8. The zero-order valence-electron chi connectivity index (χ0n) is 20.8. The number of alkyl carbamates (subject to hydrolysis) is 1. The van der Waals surface area contributed by atoms with E-state index < -0.39 is 21.5 Å². The van der Waals surface area contributed by atoms with Gasteiger partial charge in [-0.3, -0.25) is 30.2 Å². The number of rotatable bonds is 6. The predicted octanol–water partition coefficient (Wildman–Crippen LogP) is 4.05. The minimum atomic E-state index is -0.609. The second kappa shape index (κ2) is 11.0. The maximum absolute atomic E-state index is 11.7. The standard InChI is InChI=1S/C16H21N3O5.C8H6N2O3/c1-10(18-15(20)24-16(2,3)4)9-23-14-6-12-8-17-7-11(12)5-13(14)19(21)22;11-8-2-6-4-9-3-5(6)1-7(8)10(12)13/h5-7,10H,8-9H2,1-4H3,(H,18,20);1-3,11H,4H2/t10-;/m1./s1. The van der Waals surface area contributed by atoms with E-state index in [9.17, 15) is 30.1 Å². The van der Waals surface area contributed by atoms with Crippen LogP contribution in [-0.4, -0.2) is 51.7 Å². The summed E-state index contributed by atoms with van der Waals surface area (Å²) in [5.74, 6) is -0.128. The maximum atomic E-state index is 11.7. The van der Waals surface area contributed by atoms with Gasteiger partial charge in [0, 0.05) is 35.7 Å². The molecule has 13 heteroatoms. The molecule has 2 aliphatic heterocycles. The third kappa shape index (κ3) is 7.22. The first-order valence-electron chi connectivity index (χ1n) is 11.3. The monoisotopic (exact) mass is 513 g/mol. The van der Waals surface area contributed by atoms with Crippen LogP contribution in [0.4, 0.5) is 16.2 Å². The number of fused-ring (bicyclic) bond motifs is 2. The first kappa shape index (κ1) is 27.0. The smallest absolute Gasteiger partial charge is 0.407 e. The lowest BCUT2D eigenvalue weighted by atomic mass is 10.1. The van der Waals surface area contributed by atoms with Gasteiger partial charge in [0.1, 0.15) is 12.2 Å². The highest BCUT2D eigenvalue weighted by Gasteiger charge is 2.23. The number of carbonyl (C=O) groups excluding carboxylic acids is 1. The van der Waals surface area contributed by atoms with Crippen molar-refractivity contribution in [1.82, 2.24) is 5.32 Å². The Kier molecular flexibility index (Phi) is 8.05. The van der Waals surface area contributed by atoms with Crippen molar-refractivity contribution in [2.24, 2.45) is 9.98 Å². The quantitative estimate of drug-likeness (QED) is 0.429. The molecule has 0 bridgehead atoms. The van der Waals surface area contributed by atoms with Crippen LogP contribution in [0.1, 0.15) is 49.9 Å². The summed E-state index contributed by atoms with van der Waals surface area (Å²) in [7, 11) is 0. The number of nitrogens with one attached hydrogen (secondary N) is 1. The predicted molar refractivity (Wildman–Crippen MR) is 135 cm³/mol.